The highest BCUT2D eigenvalue weighted by molar-refractivity contribution is 5.93. The van der Waals surface area contributed by atoms with E-state index in [2.05, 4.69) is 25.4 Å². The van der Waals surface area contributed by atoms with Crippen molar-refractivity contribution in [1.82, 2.24) is 34.6 Å². The van der Waals surface area contributed by atoms with E-state index in [4.69, 9.17) is 0 Å². The lowest BCUT2D eigenvalue weighted by molar-refractivity contribution is 0.0920. The zero-order chi connectivity index (χ0) is 25.0. The minimum absolute atomic E-state index is 0.107. The summed E-state index contributed by atoms with van der Waals surface area (Å²) in [5.41, 5.74) is 2.14. The Bertz CT molecular complexity index is 1520. The molecular weight excluding hydrogens is 461 g/mol. The van der Waals surface area contributed by atoms with Crippen molar-refractivity contribution in [3.63, 3.8) is 0 Å². The summed E-state index contributed by atoms with van der Waals surface area (Å²) in [4.78, 5) is 39.0. The van der Waals surface area contributed by atoms with Crippen LogP contribution in [-0.4, -0.2) is 41.4 Å². The van der Waals surface area contributed by atoms with Crippen LogP contribution in [0.5, 0.6) is 0 Å². The second-order valence-corrected chi connectivity index (χ2v) is 10.0. The number of benzene rings is 1. The minimum atomic E-state index is -0.848. The van der Waals surface area contributed by atoms with E-state index in [-0.39, 0.29) is 29.4 Å². The summed E-state index contributed by atoms with van der Waals surface area (Å²) in [7, 11) is 0. The van der Waals surface area contributed by atoms with Gasteiger partial charge in [0.15, 0.2) is 5.65 Å². The normalized spacial score (nSPS) is 20.3. The SMILES string of the molecule is CC(C)n1ncc2cnc(C(=O)NC3(c4ccc(-c5cncn(C6CC(F)C6)c5=O)cc4)CC3)nc21. The van der Waals surface area contributed by atoms with Gasteiger partial charge in [-0.05, 0) is 50.7 Å². The number of hydrogen-bond donors (Lipinski definition) is 1. The number of nitrogens with zero attached hydrogens (tertiary/aromatic N) is 6. The first-order valence-electron chi connectivity index (χ1n) is 12.2. The van der Waals surface area contributed by atoms with Gasteiger partial charge in [-0.1, -0.05) is 24.3 Å². The van der Waals surface area contributed by atoms with E-state index in [9.17, 15) is 14.0 Å². The summed E-state index contributed by atoms with van der Waals surface area (Å²) < 4.78 is 16.6. The highest BCUT2D eigenvalue weighted by Gasteiger charge is 2.46. The second-order valence-electron chi connectivity index (χ2n) is 10.0. The molecule has 2 aliphatic rings. The highest BCUT2D eigenvalue weighted by Crippen LogP contribution is 2.46. The molecule has 36 heavy (non-hydrogen) atoms. The van der Waals surface area contributed by atoms with Crippen molar-refractivity contribution in [2.75, 3.05) is 0 Å². The Morgan fingerprint density at radius 2 is 1.89 bits per heavy atom. The number of carbonyl (C=O) groups excluding carboxylic acids is 1. The fourth-order valence-corrected chi connectivity index (χ4v) is 4.81. The van der Waals surface area contributed by atoms with Gasteiger partial charge in [0.25, 0.3) is 11.5 Å². The van der Waals surface area contributed by atoms with E-state index < -0.39 is 11.7 Å². The van der Waals surface area contributed by atoms with Crippen LogP contribution >= 0.6 is 0 Å². The minimum Gasteiger partial charge on any atom is -0.340 e. The number of rotatable bonds is 6. The van der Waals surface area contributed by atoms with Crippen LogP contribution in [0.3, 0.4) is 0 Å². The summed E-state index contributed by atoms with van der Waals surface area (Å²) in [6.45, 7) is 4.01. The van der Waals surface area contributed by atoms with Crippen molar-refractivity contribution in [2.45, 2.75) is 63.3 Å². The van der Waals surface area contributed by atoms with Gasteiger partial charge in [-0.15, -0.1) is 0 Å². The molecule has 2 aliphatic carbocycles. The molecule has 0 atom stereocenters. The molecular formula is C26H26FN7O2. The van der Waals surface area contributed by atoms with E-state index in [0.29, 0.717) is 24.1 Å². The summed E-state index contributed by atoms with van der Waals surface area (Å²) in [6, 6.07) is 7.57. The maximum Gasteiger partial charge on any atom is 0.289 e. The van der Waals surface area contributed by atoms with Gasteiger partial charge in [-0.25, -0.2) is 24.0 Å². The lowest BCUT2D eigenvalue weighted by Crippen LogP contribution is -2.36. The smallest absolute Gasteiger partial charge is 0.289 e. The standard InChI is InChI=1S/C26H26FN7O2/c1-15(2)34-23-17(12-30-34)11-29-22(31-23)24(35)32-26(7-8-26)18-5-3-16(4-6-18)21-13-28-14-33(25(21)36)20-9-19(27)10-20/h3-6,11-15,19-20H,7-10H2,1-2H3,(H,32,35). The monoisotopic (exact) mass is 487 g/mol. The van der Waals surface area contributed by atoms with E-state index in [1.807, 2.05) is 38.1 Å². The quantitative estimate of drug-likeness (QED) is 0.444. The molecule has 10 heteroatoms. The van der Waals surface area contributed by atoms with Crippen LogP contribution in [0.1, 0.15) is 67.8 Å². The molecule has 0 spiro atoms. The molecule has 0 saturated heterocycles. The van der Waals surface area contributed by atoms with Crippen LogP contribution in [0.4, 0.5) is 4.39 Å². The van der Waals surface area contributed by atoms with Crippen molar-refractivity contribution in [1.29, 1.82) is 0 Å². The first-order valence-corrected chi connectivity index (χ1v) is 12.2. The molecule has 9 nitrogen and oxygen atoms in total. The lowest BCUT2D eigenvalue weighted by atomic mass is 9.90. The van der Waals surface area contributed by atoms with Gasteiger partial charge >= 0.3 is 0 Å². The van der Waals surface area contributed by atoms with Crippen molar-refractivity contribution < 1.29 is 9.18 Å². The number of aromatic nitrogens is 6. The van der Waals surface area contributed by atoms with Crippen molar-refractivity contribution >= 4 is 16.9 Å². The predicted octanol–water partition coefficient (Wildman–Crippen LogP) is 3.72. The third-order valence-corrected chi connectivity index (χ3v) is 7.19. The number of halogens is 1. The largest absolute Gasteiger partial charge is 0.340 e. The van der Waals surface area contributed by atoms with Gasteiger partial charge in [-0.3, -0.25) is 14.2 Å². The van der Waals surface area contributed by atoms with Crippen LogP contribution in [-0.2, 0) is 5.54 Å². The Morgan fingerprint density at radius 3 is 2.56 bits per heavy atom. The summed E-state index contributed by atoms with van der Waals surface area (Å²) in [5.74, 6) is -0.230. The Morgan fingerprint density at radius 1 is 1.14 bits per heavy atom. The summed E-state index contributed by atoms with van der Waals surface area (Å²) >= 11 is 0. The zero-order valence-corrected chi connectivity index (χ0v) is 20.1. The van der Waals surface area contributed by atoms with Gasteiger partial charge in [-0.2, -0.15) is 5.10 Å². The highest BCUT2D eigenvalue weighted by atomic mass is 19.1. The summed E-state index contributed by atoms with van der Waals surface area (Å²) in [5, 5.41) is 8.23. The molecule has 2 fully saturated rings. The molecule has 4 aromatic rings. The van der Waals surface area contributed by atoms with E-state index in [0.717, 1.165) is 29.4 Å². The first-order chi connectivity index (χ1) is 17.3. The fourth-order valence-electron chi connectivity index (χ4n) is 4.81. The third-order valence-electron chi connectivity index (χ3n) is 7.19. The average molecular weight is 488 g/mol. The molecule has 3 heterocycles. The number of alkyl halides is 1. The molecule has 0 aliphatic heterocycles. The van der Waals surface area contributed by atoms with Gasteiger partial charge in [0.2, 0.25) is 5.82 Å². The van der Waals surface area contributed by atoms with Crippen LogP contribution in [0.15, 0.2) is 54.0 Å². The molecule has 0 bridgehead atoms. The second kappa shape index (κ2) is 8.32. The van der Waals surface area contributed by atoms with Gasteiger partial charge in [0.05, 0.1) is 29.0 Å². The summed E-state index contributed by atoms with van der Waals surface area (Å²) in [6.07, 6.45) is 7.80. The topological polar surface area (TPSA) is 108 Å². The van der Waals surface area contributed by atoms with E-state index in [1.165, 1.54) is 10.9 Å². The number of hydrogen-bond acceptors (Lipinski definition) is 6. The Balaban J connectivity index is 1.22. The predicted molar refractivity (Wildman–Crippen MR) is 131 cm³/mol. The van der Waals surface area contributed by atoms with Crippen LogP contribution in [0, 0.1) is 0 Å². The number of nitrogens with one attached hydrogen (secondary N) is 1. The molecule has 0 radical (unpaired) electrons. The molecule has 184 valence electrons. The van der Waals surface area contributed by atoms with Gasteiger partial charge < -0.3 is 5.32 Å². The lowest BCUT2D eigenvalue weighted by Gasteiger charge is -2.31. The van der Waals surface area contributed by atoms with Gasteiger partial charge in [0, 0.05) is 24.5 Å². The zero-order valence-electron chi connectivity index (χ0n) is 20.1. The molecule has 3 aromatic heterocycles. The molecule has 1 aromatic carbocycles. The van der Waals surface area contributed by atoms with Crippen LogP contribution in [0.25, 0.3) is 22.2 Å². The Labute approximate surface area is 206 Å². The van der Waals surface area contributed by atoms with Gasteiger partial charge in [0.1, 0.15) is 6.17 Å². The fraction of sp³-hybridized carbons (Fsp3) is 0.385. The molecule has 6 rings (SSSR count). The van der Waals surface area contributed by atoms with Crippen molar-refractivity contribution in [3.8, 4) is 11.1 Å². The van der Waals surface area contributed by atoms with Crippen molar-refractivity contribution in [2.24, 2.45) is 0 Å². The first kappa shape index (κ1) is 22.5. The molecule has 0 unspecified atom stereocenters. The van der Waals surface area contributed by atoms with Crippen molar-refractivity contribution in [3.05, 3.63) is 70.9 Å². The molecule has 1 amide bonds. The number of carbonyl (C=O) groups is 1. The van der Waals surface area contributed by atoms with E-state index >= 15 is 0 Å². The number of amides is 1. The maximum atomic E-state index is 13.3. The maximum absolute atomic E-state index is 13.3. The molecule has 2 saturated carbocycles. The molecule has 1 N–H and O–H groups in total. The van der Waals surface area contributed by atoms with E-state index in [1.54, 1.807) is 23.3 Å². The third kappa shape index (κ3) is 3.77. The van der Waals surface area contributed by atoms with Crippen LogP contribution < -0.4 is 10.9 Å². The Hall–Kier alpha value is -3.95. The number of fused-ring (bicyclic) bond motifs is 1. The van der Waals surface area contributed by atoms with Crippen LogP contribution in [0.2, 0.25) is 0 Å². The average Bonchev–Trinajstić information content (AvgIpc) is 3.50. The Kier molecular flexibility index (Phi) is 5.20.